The van der Waals surface area contributed by atoms with Gasteiger partial charge in [0.2, 0.25) is 5.28 Å². The van der Waals surface area contributed by atoms with E-state index in [-0.39, 0.29) is 5.28 Å². The number of hydrogen-bond donors (Lipinski definition) is 2. The van der Waals surface area contributed by atoms with Crippen LogP contribution in [0.1, 0.15) is 5.56 Å². The highest BCUT2D eigenvalue weighted by atomic mass is 35.5. The van der Waals surface area contributed by atoms with E-state index in [1.165, 1.54) is 6.33 Å². The summed E-state index contributed by atoms with van der Waals surface area (Å²) in [6.45, 7) is 0. The summed E-state index contributed by atoms with van der Waals surface area (Å²) in [5.74, 6) is 0.461. The van der Waals surface area contributed by atoms with E-state index in [2.05, 4.69) is 30.5 Å². The number of nitrogens with one attached hydrogen (secondary N) is 2. The molecule has 0 aliphatic heterocycles. The Bertz CT molecular complexity index is 765. The Balaban J connectivity index is 1.83. The van der Waals surface area contributed by atoms with Gasteiger partial charge in [-0.15, -0.1) is 0 Å². The molecule has 0 saturated carbocycles. The molecule has 0 aliphatic carbocycles. The van der Waals surface area contributed by atoms with E-state index in [1.54, 1.807) is 18.3 Å². The highest BCUT2D eigenvalue weighted by Gasteiger charge is 2.07. The van der Waals surface area contributed by atoms with Gasteiger partial charge in [-0.25, -0.2) is 4.98 Å². The van der Waals surface area contributed by atoms with Crippen LogP contribution in [0, 0.1) is 0 Å². The van der Waals surface area contributed by atoms with Crippen molar-refractivity contribution < 1.29 is 0 Å². The third-order valence-corrected chi connectivity index (χ3v) is 2.93. The Morgan fingerprint density at radius 2 is 1.95 bits per heavy atom. The average Bonchev–Trinajstić information content (AvgIpc) is 2.89. The van der Waals surface area contributed by atoms with Gasteiger partial charge in [-0.05, 0) is 29.3 Å². The molecular formula is C12H8Cl2N6. The number of fused-ring (bicyclic) bond motifs is 1. The van der Waals surface area contributed by atoms with Crippen LogP contribution in [0.25, 0.3) is 11.2 Å². The van der Waals surface area contributed by atoms with Gasteiger partial charge in [-0.2, -0.15) is 15.1 Å². The maximum atomic E-state index is 5.81. The Hall–Kier alpha value is -2.18. The molecule has 6 nitrogen and oxygen atoms in total. The summed E-state index contributed by atoms with van der Waals surface area (Å²) in [5.41, 5.74) is 4.83. The lowest BCUT2D eigenvalue weighted by molar-refractivity contribution is 1.17. The fourth-order valence-electron chi connectivity index (χ4n) is 1.60. The van der Waals surface area contributed by atoms with E-state index in [0.717, 1.165) is 5.56 Å². The molecule has 0 aliphatic rings. The number of anilines is 1. The molecule has 3 rings (SSSR count). The Morgan fingerprint density at radius 3 is 2.75 bits per heavy atom. The van der Waals surface area contributed by atoms with Gasteiger partial charge >= 0.3 is 0 Å². The number of benzene rings is 1. The number of halogens is 2. The lowest BCUT2D eigenvalue weighted by atomic mass is 10.2. The highest BCUT2D eigenvalue weighted by Crippen LogP contribution is 2.18. The van der Waals surface area contributed by atoms with Crippen LogP contribution in [-0.2, 0) is 0 Å². The highest BCUT2D eigenvalue weighted by molar-refractivity contribution is 6.30. The molecule has 100 valence electrons. The van der Waals surface area contributed by atoms with Crippen LogP contribution >= 0.6 is 23.2 Å². The second-order valence-electron chi connectivity index (χ2n) is 3.86. The van der Waals surface area contributed by atoms with E-state index in [0.29, 0.717) is 22.0 Å². The third kappa shape index (κ3) is 2.71. The summed E-state index contributed by atoms with van der Waals surface area (Å²) < 4.78 is 0. The quantitative estimate of drug-likeness (QED) is 0.443. The third-order valence-electron chi connectivity index (χ3n) is 2.51. The zero-order chi connectivity index (χ0) is 13.9. The van der Waals surface area contributed by atoms with Crippen LogP contribution in [0.15, 0.2) is 35.7 Å². The van der Waals surface area contributed by atoms with Crippen LogP contribution in [0.3, 0.4) is 0 Å². The summed E-state index contributed by atoms with van der Waals surface area (Å²) in [7, 11) is 0. The van der Waals surface area contributed by atoms with Crippen molar-refractivity contribution in [2.75, 3.05) is 5.43 Å². The van der Waals surface area contributed by atoms with Gasteiger partial charge in [0.05, 0.1) is 12.5 Å². The second-order valence-corrected chi connectivity index (χ2v) is 4.64. The molecule has 0 spiro atoms. The summed E-state index contributed by atoms with van der Waals surface area (Å²) in [5, 5.41) is 4.88. The summed E-state index contributed by atoms with van der Waals surface area (Å²) in [4.78, 5) is 15.0. The van der Waals surface area contributed by atoms with Crippen molar-refractivity contribution in [2.45, 2.75) is 0 Å². The Kier molecular flexibility index (Phi) is 3.49. The van der Waals surface area contributed by atoms with Crippen molar-refractivity contribution in [3.05, 3.63) is 46.5 Å². The van der Waals surface area contributed by atoms with Gasteiger partial charge < -0.3 is 4.98 Å². The first-order valence-electron chi connectivity index (χ1n) is 5.63. The maximum Gasteiger partial charge on any atom is 0.226 e. The zero-order valence-electron chi connectivity index (χ0n) is 10.0. The molecule has 20 heavy (non-hydrogen) atoms. The minimum atomic E-state index is 0.105. The normalized spacial score (nSPS) is 11.3. The summed E-state index contributed by atoms with van der Waals surface area (Å²) >= 11 is 11.6. The fourth-order valence-corrected chi connectivity index (χ4v) is 1.89. The predicted octanol–water partition coefficient (Wildman–Crippen LogP) is 3.11. The van der Waals surface area contributed by atoms with Crippen LogP contribution < -0.4 is 5.43 Å². The molecule has 0 amide bonds. The SMILES string of the molecule is Clc1ccc(C=NNc2nc(Cl)nc3nc[nH]c23)cc1. The lowest BCUT2D eigenvalue weighted by Gasteiger charge is -2.00. The number of nitrogens with zero attached hydrogens (tertiary/aromatic N) is 4. The van der Waals surface area contributed by atoms with Gasteiger partial charge in [-0.3, -0.25) is 5.43 Å². The summed E-state index contributed by atoms with van der Waals surface area (Å²) in [6, 6.07) is 7.29. The minimum absolute atomic E-state index is 0.105. The molecule has 2 N–H and O–H groups in total. The molecule has 2 heterocycles. The van der Waals surface area contributed by atoms with Gasteiger partial charge in [0.25, 0.3) is 0 Å². The van der Waals surface area contributed by atoms with Gasteiger partial charge in [0, 0.05) is 5.02 Å². The smallest absolute Gasteiger partial charge is 0.226 e. The number of imidazole rings is 1. The molecule has 0 saturated heterocycles. The van der Waals surface area contributed by atoms with Crippen LogP contribution in [-0.4, -0.2) is 26.2 Å². The molecule has 1 aromatic carbocycles. The van der Waals surface area contributed by atoms with E-state index in [4.69, 9.17) is 23.2 Å². The number of hydrazone groups is 1. The number of hydrogen-bond acceptors (Lipinski definition) is 5. The summed E-state index contributed by atoms with van der Waals surface area (Å²) in [6.07, 6.45) is 3.16. The number of H-pyrrole nitrogens is 1. The van der Waals surface area contributed by atoms with Crippen molar-refractivity contribution in [3.63, 3.8) is 0 Å². The van der Waals surface area contributed by atoms with Crippen molar-refractivity contribution in [1.82, 2.24) is 19.9 Å². The Morgan fingerprint density at radius 1 is 1.15 bits per heavy atom. The molecule has 0 bridgehead atoms. The predicted molar refractivity (Wildman–Crippen MR) is 79.4 cm³/mol. The maximum absolute atomic E-state index is 5.81. The van der Waals surface area contributed by atoms with Crippen molar-refractivity contribution in [1.29, 1.82) is 0 Å². The first-order chi connectivity index (χ1) is 9.72. The molecule has 3 aromatic rings. The van der Waals surface area contributed by atoms with Crippen LogP contribution in [0.4, 0.5) is 5.82 Å². The Labute approximate surface area is 123 Å². The number of rotatable bonds is 3. The van der Waals surface area contributed by atoms with Gasteiger partial charge in [0.1, 0.15) is 5.52 Å². The molecular weight excluding hydrogens is 299 g/mol. The molecule has 8 heteroatoms. The van der Waals surface area contributed by atoms with Gasteiger partial charge in [0.15, 0.2) is 11.5 Å². The molecule has 0 unspecified atom stereocenters. The van der Waals surface area contributed by atoms with E-state index in [1.807, 2.05) is 12.1 Å². The van der Waals surface area contributed by atoms with E-state index < -0.39 is 0 Å². The number of aromatic amines is 1. The van der Waals surface area contributed by atoms with Crippen molar-refractivity contribution in [3.8, 4) is 0 Å². The molecule has 0 radical (unpaired) electrons. The first kappa shape index (κ1) is 12.8. The van der Waals surface area contributed by atoms with Crippen molar-refractivity contribution >= 4 is 46.4 Å². The largest absolute Gasteiger partial charge is 0.340 e. The van der Waals surface area contributed by atoms with Gasteiger partial charge in [-0.1, -0.05) is 23.7 Å². The first-order valence-corrected chi connectivity index (χ1v) is 6.39. The fraction of sp³-hybridized carbons (Fsp3) is 0. The molecule has 0 atom stereocenters. The minimum Gasteiger partial charge on any atom is -0.340 e. The lowest BCUT2D eigenvalue weighted by Crippen LogP contribution is -1.97. The molecule has 0 fully saturated rings. The van der Waals surface area contributed by atoms with Crippen LogP contribution in [0.2, 0.25) is 10.3 Å². The van der Waals surface area contributed by atoms with E-state index in [9.17, 15) is 0 Å². The number of aromatic nitrogens is 4. The van der Waals surface area contributed by atoms with Crippen LogP contribution in [0.5, 0.6) is 0 Å². The van der Waals surface area contributed by atoms with E-state index >= 15 is 0 Å². The topological polar surface area (TPSA) is 78.8 Å². The second kappa shape index (κ2) is 5.44. The van der Waals surface area contributed by atoms with Crippen molar-refractivity contribution in [2.24, 2.45) is 5.10 Å². The average molecular weight is 307 g/mol. The monoisotopic (exact) mass is 306 g/mol. The zero-order valence-corrected chi connectivity index (χ0v) is 11.5. The standard InChI is InChI=1S/C12H8Cl2N6/c13-8-3-1-7(2-4-8)5-17-20-11-9-10(16-6-15-9)18-12(14)19-11/h1-6H,(H2,15,16,18,19,20). The molecule has 2 aromatic heterocycles.